The van der Waals surface area contributed by atoms with E-state index in [0.29, 0.717) is 13.0 Å². The lowest BCUT2D eigenvalue weighted by atomic mass is 9.81. The van der Waals surface area contributed by atoms with Crippen molar-refractivity contribution in [1.29, 1.82) is 0 Å². The summed E-state index contributed by atoms with van der Waals surface area (Å²) in [6, 6.07) is 0. The molecule has 0 aliphatic carbocycles. The average Bonchev–Trinajstić information content (AvgIpc) is 2.28. The van der Waals surface area contributed by atoms with Crippen molar-refractivity contribution in [3.8, 4) is 0 Å². The van der Waals surface area contributed by atoms with Gasteiger partial charge < -0.3 is 9.84 Å². The van der Waals surface area contributed by atoms with Crippen LogP contribution < -0.4 is 0 Å². The quantitative estimate of drug-likeness (QED) is 0.759. The van der Waals surface area contributed by atoms with Crippen molar-refractivity contribution in [2.45, 2.75) is 26.2 Å². The van der Waals surface area contributed by atoms with Gasteiger partial charge in [0.05, 0.1) is 19.0 Å². The molecule has 1 rings (SSSR count). The standard InChI is InChI=1S/C10H20O4S/c1-2-15(12,13)7-5-10(8-11)4-3-6-14-9-10/h11H,2-9H2,1H3. The molecule has 1 atom stereocenters. The molecule has 0 radical (unpaired) electrons. The molecule has 90 valence electrons. The third-order valence-corrected chi connectivity index (χ3v) is 4.83. The molecule has 1 saturated heterocycles. The highest BCUT2D eigenvalue weighted by Gasteiger charge is 2.33. The van der Waals surface area contributed by atoms with Crippen molar-refractivity contribution < 1.29 is 18.3 Å². The van der Waals surface area contributed by atoms with Crippen LogP contribution in [0.4, 0.5) is 0 Å². The molecule has 0 amide bonds. The largest absolute Gasteiger partial charge is 0.396 e. The molecule has 0 bridgehead atoms. The van der Waals surface area contributed by atoms with E-state index in [-0.39, 0.29) is 23.5 Å². The van der Waals surface area contributed by atoms with Crippen molar-refractivity contribution in [2.24, 2.45) is 5.41 Å². The first-order chi connectivity index (χ1) is 7.04. The van der Waals surface area contributed by atoms with Gasteiger partial charge in [0.15, 0.2) is 0 Å². The van der Waals surface area contributed by atoms with Gasteiger partial charge >= 0.3 is 0 Å². The number of hydrogen-bond acceptors (Lipinski definition) is 4. The smallest absolute Gasteiger partial charge is 0.150 e. The normalized spacial score (nSPS) is 27.9. The molecule has 1 aliphatic heterocycles. The fraction of sp³-hybridized carbons (Fsp3) is 1.00. The molecule has 1 fully saturated rings. The van der Waals surface area contributed by atoms with E-state index in [9.17, 15) is 13.5 Å². The Hall–Kier alpha value is -0.130. The Labute approximate surface area is 91.6 Å². The van der Waals surface area contributed by atoms with Crippen molar-refractivity contribution in [2.75, 3.05) is 31.3 Å². The van der Waals surface area contributed by atoms with Gasteiger partial charge in [-0.05, 0) is 19.3 Å². The summed E-state index contributed by atoms with van der Waals surface area (Å²) in [6.07, 6.45) is 2.29. The van der Waals surface area contributed by atoms with Gasteiger partial charge in [-0.15, -0.1) is 0 Å². The molecule has 0 saturated carbocycles. The van der Waals surface area contributed by atoms with Gasteiger partial charge in [0.2, 0.25) is 0 Å². The lowest BCUT2D eigenvalue weighted by Gasteiger charge is -2.35. The minimum atomic E-state index is -2.93. The Morgan fingerprint density at radius 2 is 2.20 bits per heavy atom. The first kappa shape index (κ1) is 12.9. The first-order valence-corrected chi connectivity index (χ1v) is 7.25. The molecular weight excluding hydrogens is 216 g/mol. The zero-order valence-electron chi connectivity index (χ0n) is 9.24. The Kier molecular flexibility index (Phi) is 4.55. The van der Waals surface area contributed by atoms with Gasteiger partial charge in [0.1, 0.15) is 9.84 Å². The van der Waals surface area contributed by atoms with Crippen molar-refractivity contribution in [3.63, 3.8) is 0 Å². The summed E-state index contributed by atoms with van der Waals surface area (Å²) in [6.45, 7) is 2.88. The van der Waals surface area contributed by atoms with Gasteiger partial charge in [-0.3, -0.25) is 0 Å². The molecule has 5 heteroatoms. The maximum absolute atomic E-state index is 11.4. The first-order valence-electron chi connectivity index (χ1n) is 5.43. The highest BCUT2D eigenvalue weighted by molar-refractivity contribution is 7.91. The Morgan fingerprint density at radius 3 is 2.67 bits per heavy atom. The Morgan fingerprint density at radius 1 is 1.47 bits per heavy atom. The van der Waals surface area contributed by atoms with Crippen molar-refractivity contribution in [3.05, 3.63) is 0 Å². The Balaban J connectivity index is 2.53. The molecular formula is C10H20O4S. The molecule has 1 aliphatic rings. The van der Waals surface area contributed by atoms with Crippen LogP contribution in [0.5, 0.6) is 0 Å². The molecule has 0 aromatic heterocycles. The summed E-state index contributed by atoms with van der Waals surface area (Å²) in [7, 11) is -2.93. The van der Waals surface area contributed by atoms with E-state index in [1.54, 1.807) is 6.92 Å². The zero-order chi connectivity index (χ0) is 11.4. The summed E-state index contributed by atoms with van der Waals surface area (Å²) in [4.78, 5) is 0. The number of aliphatic hydroxyl groups is 1. The van der Waals surface area contributed by atoms with Crippen molar-refractivity contribution in [1.82, 2.24) is 0 Å². The predicted octanol–water partition coefficient (Wildman–Crippen LogP) is 0.600. The van der Waals surface area contributed by atoms with E-state index in [0.717, 1.165) is 19.4 Å². The van der Waals surface area contributed by atoms with Crippen LogP contribution in [0.3, 0.4) is 0 Å². The molecule has 4 nitrogen and oxygen atoms in total. The van der Waals surface area contributed by atoms with Crippen LogP contribution in [-0.4, -0.2) is 44.9 Å². The fourth-order valence-corrected chi connectivity index (χ4v) is 2.86. The second-order valence-corrected chi connectivity index (χ2v) is 6.77. The SMILES string of the molecule is CCS(=O)(=O)CCC1(CO)CCCOC1. The van der Waals surface area contributed by atoms with E-state index in [1.165, 1.54) is 0 Å². The molecule has 0 spiro atoms. The average molecular weight is 236 g/mol. The lowest BCUT2D eigenvalue weighted by molar-refractivity contribution is -0.0396. The van der Waals surface area contributed by atoms with Crippen LogP contribution >= 0.6 is 0 Å². The zero-order valence-corrected chi connectivity index (χ0v) is 10.1. The molecule has 1 heterocycles. The number of hydrogen-bond donors (Lipinski definition) is 1. The molecule has 1 unspecified atom stereocenters. The van der Waals surface area contributed by atoms with Crippen LogP contribution in [0, 0.1) is 5.41 Å². The summed E-state index contributed by atoms with van der Waals surface area (Å²) in [5.74, 6) is 0.336. The predicted molar refractivity (Wildman–Crippen MR) is 58.5 cm³/mol. The number of aliphatic hydroxyl groups excluding tert-OH is 1. The van der Waals surface area contributed by atoms with Crippen LogP contribution in [0.15, 0.2) is 0 Å². The van der Waals surface area contributed by atoms with Crippen LogP contribution in [0.25, 0.3) is 0 Å². The molecule has 1 N–H and O–H groups in total. The van der Waals surface area contributed by atoms with Crippen LogP contribution in [0.1, 0.15) is 26.2 Å². The lowest BCUT2D eigenvalue weighted by Crippen LogP contribution is -2.37. The summed E-state index contributed by atoms with van der Waals surface area (Å²) in [5, 5.41) is 9.34. The van der Waals surface area contributed by atoms with Crippen LogP contribution in [0.2, 0.25) is 0 Å². The minimum absolute atomic E-state index is 0.0201. The number of sulfone groups is 1. The second kappa shape index (κ2) is 5.27. The second-order valence-electron chi connectivity index (χ2n) is 4.30. The third kappa shape index (κ3) is 3.74. The van der Waals surface area contributed by atoms with Crippen molar-refractivity contribution >= 4 is 9.84 Å². The van der Waals surface area contributed by atoms with E-state index in [4.69, 9.17) is 4.74 Å². The summed E-state index contributed by atoms with van der Waals surface area (Å²) >= 11 is 0. The van der Waals surface area contributed by atoms with Gasteiger partial charge in [-0.25, -0.2) is 8.42 Å². The summed E-state index contributed by atoms with van der Waals surface area (Å²) in [5.41, 5.74) is -0.319. The van der Waals surface area contributed by atoms with E-state index < -0.39 is 9.84 Å². The van der Waals surface area contributed by atoms with Gasteiger partial charge in [0.25, 0.3) is 0 Å². The maximum atomic E-state index is 11.4. The van der Waals surface area contributed by atoms with E-state index in [2.05, 4.69) is 0 Å². The van der Waals surface area contributed by atoms with Crippen LogP contribution in [-0.2, 0) is 14.6 Å². The topological polar surface area (TPSA) is 63.6 Å². The van der Waals surface area contributed by atoms with E-state index in [1.807, 2.05) is 0 Å². The summed E-state index contributed by atoms with van der Waals surface area (Å²) < 4.78 is 28.1. The molecule has 0 aromatic rings. The highest BCUT2D eigenvalue weighted by Crippen LogP contribution is 2.32. The molecule has 0 aromatic carbocycles. The van der Waals surface area contributed by atoms with Gasteiger partial charge in [-0.1, -0.05) is 6.92 Å². The number of ether oxygens (including phenoxy) is 1. The minimum Gasteiger partial charge on any atom is -0.396 e. The Bertz CT molecular complexity index is 278. The fourth-order valence-electron chi connectivity index (χ4n) is 1.83. The monoisotopic (exact) mass is 236 g/mol. The number of rotatable bonds is 5. The van der Waals surface area contributed by atoms with Gasteiger partial charge in [-0.2, -0.15) is 0 Å². The van der Waals surface area contributed by atoms with E-state index >= 15 is 0 Å². The van der Waals surface area contributed by atoms with Gasteiger partial charge in [0, 0.05) is 17.8 Å². The third-order valence-electron chi connectivity index (χ3n) is 3.12. The molecule has 15 heavy (non-hydrogen) atoms. The highest BCUT2D eigenvalue weighted by atomic mass is 32.2. The maximum Gasteiger partial charge on any atom is 0.150 e.